The summed E-state index contributed by atoms with van der Waals surface area (Å²) in [6.45, 7) is 0. The van der Waals surface area contributed by atoms with E-state index in [1.165, 1.54) is 6.08 Å². The Hall–Kier alpha value is -1.90. The molecule has 0 aliphatic heterocycles. The first-order chi connectivity index (χ1) is 7.75. The molecule has 0 aromatic heterocycles. The fourth-order valence-electron chi connectivity index (χ4n) is 1.61. The van der Waals surface area contributed by atoms with Crippen LogP contribution in [0.25, 0.3) is 0 Å². The third-order valence-electron chi connectivity index (χ3n) is 2.42. The lowest BCUT2D eigenvalue weighted by molar-refractivity contribution is -0.131. The molecule has 0 fully saturated rings. The van der Waals surface area contributed by atoms with Gasteiger partial charge in [-0.2, -0.15) is 0 Å². The van der Waals surface area contributed by atoms with Crippen LogP contribution in [0.4, 0.5) is 0 Å². The van der Waals surface area contributed by atoms with E-state index < -0.39 is 5.97 Å². The molecule has 1 aromatic rings. The highest BCUT2D eigenvalue weighted by Crippen LogP contribution is 2.18. The Morgan fingerprint density at radius 3 is 2.56 bits per heavy atom. The van der Waals surface area contributed by atoms with Gasteiger partial charge in [0.15, 0.2) is 5.78 Å². The molecule has 0 unspecified atom stereocenters. The van der Waals surface area contributed by atoms with Crippen molar-refractivity contribution in [2.24, 2.45) is 0 Å². The van der Waals surface area contributed by atoms with Crippen molar-refractivity contribution in [1.29, 1.82) is 0 Å². The third-order valence-corrected chi connectivity index (χ3v) is 2.42. The zero-order valence-electron chi connectivity index (χ0n) is 8.81. The molecular weight excluding hydrogens is 204 g/mol. The molecule has 0 atom stereocenters. The summed E-state index contributed by atoms with van der Waals surface area (Å²) >= 11 is 0. The van der Waals surface area contributed by atoms with Crippen LogP contribution in [0.3, 0.4) is 0 Å². The van der Waals surface area contributed by atoms with Gasteiger partial charge < -0.3 is 4.74 Å². The van der Waals surface area contributed by atoms with Crippen LogP contribution in [0.2, 0.25) is 0 Å². The van der Waals surface area contributed by atoms with Crippen LogP contribution >= 0.6 is 0 Å². The minimum absolute atomic E-state index is 0.00580. The summed E-state index contributed by atoms with van der Waals surface area (Å²) in [6, 6.07) is 8.86. The Kier molecular flexibility index (Phi) is 3.15. The Balaban J connectivity index is 2.06. The highest BCUT2D eigenvalue weighted by molar-refractivity contribution is 6.01. The first kappa shape index (κ1) is 10.6. The molecule has 82 valence electrons. The number of carbonyl (C=O) groups excluding carboxylic acids is 2. The van der Waals surface area contributed by atoms with Gasteiger partial charge in [-0.05, 0) is 31.1 Å². The average Bonchev–Trinajstić information content (AvgIpc) is 2.30. The number of para-hydroxylation sites is 1. The Bertz CT molecular complexity index is 432. The fourth-order valence-corrected chi connectivity index (χ4v) is 1.61. The topological polar surface area (TPSA) is 43.4 Å². The molecule has 0 spiro atoms. The Morgan fingerprint density at radius 1 is 1.12 bits per heavy atom. The molecular formula is C13H12O3. The number of rotatable bonds is 2. The summed E-state index contributed by atoms with van der Waals surface area (Å²) in [5.74, 6) is 0.0944. The quantitative estimate of drug-likeness (QED) is 0.562. The molecule has 0 N–H and O–H groups in total. The minimum Gasteiger partial charge on any atom is -0.423 e. The second kappa shape index (κ2) is 4.75. The Morgan fingerprint density at radius 2 is 1.88 bits per heavy atom. The lowest BCUT2D eigenvalue weighted by Gasteiger charge is -2.10. The van der Waals surface area contributed by atoms with E-state index in [0.29, 0.717) is 24.2 Å². The lowest BCUT2D eigenvalue weighted by Crippen LogP contribution is -2.15. The van der Waals surface area contributed by atoms with Crippen LogP contribution in [0.15, 0.2) is 42.0 Å². The maximum absolute atomic E-state index is 11.7. The molecule has 0 bridgehead atoms. The van der Waals surface area contributed by atoms with Crippen LogP contribution in [0, 0.1) is 0 Å². The van der Waals surface area contributed by atoms with Crippen molar-refractivity contribution in [3.05, 3.63) is 42.0 Å². The normalized spacial score (nSPS) is 15.5. The van der Waals surface area contributed by atoms with E-state index in [9.17, 15) is 9.59 Å². The van der Waals surface area contributed by atoms with Crippen molar-refractivity contribution in [3.63, 3.8) is 0 Å². The average molecular weight is 216 g/mol. The first-order valence-electron chi connectivity index (χ1n) is 5.26. The highest BCUT2D eigenvalue weighted by Gasteiger charge is 2.17. The SMILES string of the molecule is O=C1C=C(C(=O)Oc2ccccc2)CCC1. The van der Waals surface area contributed by atoms with Gasteiger partial charge in [-0.3, -0.25) is 4.79 Å². The van der Waals surface area contributed by atoms with Gasteiger partial charge in [0.05, 0.1) is 0 Å². The number of hydrogen-bond donors (Lipinski definition) is 0. The predicted octanol–water partition coefficient (Wildman–Crippen LogP) is 2.27. The molecule has 1 aliphatic carbocycles. The van der Waals surface area contributed by atoms with E-state index in [4.69, 9.17) is 4.74 Å². The van der Waals surface area contributed by atoms with Crippen molar-refractivity contribution >= 4 is 11.8 Å². The largest absolute Gasteiger partial charge is 0.423 e. The van der Waals surface area contributed by atoms with Gasteiger partial charge in [0.1, 0.15) is 5.75 Å². The van der Waals surface area contributed by atoms with E-state index in [1.54, 1.807) is 24.3 Å². The van der Waals surface area contributed by atoms with Crippen molar-refractivity contribution in [1.82, 2.24) is 0 Å². The standard InChI is InChI=1S/C13H12O3/c14-11-6-4-5-10(9-11)13(15)16-12-7-2-1-3-8-12/h1-3,7-9H,4-6H2. The molecule has 0 radical (unpaired) electrons. The molecule has 1 aromatic carbocycles. The number of allylic oxidation sites excluding steroid dienone is 1. The zero-order chi connectivity index (χ0) is 11.4. The minimum atomic E-state index is -0.417. The van der Waals surface area contributed by atoms with E-state index in [0.717, 1.165) is 6.42 Å². The first-order valence-corrected chi connectivity index (χ1v) is 5.26. The number of ketones is 1. The van der Waals surface area contributed by atoms with Gasteiger partial charge in [0, 0.05) is 12.0 Å². The number of ether oxygens (including phenoxy) is 1. The third kappa shape index (κ3) is 2.57. The second-order valence-electron chi connectivity index (χ2n) is 3.69. The molecule has 2 rings (SSSR count). The van der Waals surface area contributed by atoms with Crippen molar-refractivity contribution < 1.29 is 14.3 Å². The van der Waals surface area contributed by atoms with Crippen molar-refractivity contribution in [2.75, 3.05) is 0 Å². The Labute approximate surface area is 93.7 Å². The van der Waals surface area contributed by atoms with Gasteiger partial charge >= 0.3 is 5.97 Å². The number of carbonyl (C=O) groups is 2. The fraction of sp³-hybridized carbons (Fsp3) is 0.231. The summed E-state index contributed by atoms with van der Waals surface area (Å²) in [4.78, 5) is 22.8. The molecule has 0 saturated heterocycles. The van der Waals surface area contributed by atoms with Crippen LogP contribution in [-0.2, 0) is 9.59 Å². The summed E-state index contributed by atoms with van der Waals surface area (Å²) in [6.07, 6.45) is 3.28. The molecule has 3 heteroatoms. The summed E-state index contributed by atoms with van der Waals surface area (Å²) in [5.41, 5.74) is 0.472. The maximum Gasteiger partial charge on any atom is 0.339 e. The number of hydrogen-bond acceptors (Lipinski definition) is 3. The molecule has 16 heavy (non-hydrogen) atoms. The van der Waals surface area contributed by atoms with E-state index in [2.05, 4.69) is 0 Å². The zero-order valence-corrected chi connectivity index (χ0v) is 8.81. The summed E-state index contributed by atoms with van der Waals surface area (Å²) < 4.78 is 5.14. The number of benzene rings is 1. The number of esters is 1. The van der Waals surface area contributed by atoms with Crippen molar-refractivity contribution in [3.8, 4) is 5.75 Å². The highest BCUT2D eigenvalue weighted by atomic mass is 16.5. The summed E-state index contributed by atoms with van der Waals surface area (Å²) in [7, 11) is 0. The maximum atomic E-state index is 11.7. The van der Waals surface area contributed by atoms with Crippen LogP contribution in [-0.4, -0.2) is 11.8 Å². The predicted molar refractivity (Wildman–Crippen MR) is 59.0 cm³/mol. The smallest absolute Gasteiger partial charge is 0.339 e. The van der Waals surface area contributed by atoms with Gasteiger partial charge in [-0.25, -0.2) is 4.79 Å². The molecule has 0 heterocycles. The van der Waals surface area contributed by atoms with E-state index >= 15 is 0 Å². The monoisotopic (exact) mass is 216 g/mol. The molecule has 3 nitrogen and oxygen atoms in total. The van der Waals surface area contributed by atoms with Crippen molar-refractivity contribution in [2.45, 2.75) is 19.3 Å². The molecule has 0 saturated carbocycles. The van der Waals surface area contributed by atoms with Gasteiger partial charge in [-0.1, -0.05) is 18.2 Å². The van der Waals surface area contributed by atoms with Crippen LogP contribution < -0.4 is 4.74 Å². The lowest BCUT2D eigenvalue weighted by atomic mass is 9.99. The molecule has 1 aliphatic rings. The summed E-state index contributed by atoms with van der Waals surface area (Å²) in [5, 5.41) is 0. The van der Waals surface area contributed by atoms with E-state index in [1.807, 2.05) is 6.07 Å². The van der Waals surface area contributed by atoms with Gasteiger partial charge in [0.2, 0.25) is 0 Å². The van der Waals surface area contributed by atoms with Crippen LogP contribution in [0.1, 0.15) is 19.3 Å². The van der Waals surface area contributed by atoms with Gasteiger partial charge in [0.25, 0.3) is 0 Å². The van der Waals surface area contributed by atoms with Gasteiger partial charge in [-0.15, -0.1) is 0 Å². The van der Waals surface area contributed by atoms with E-state index in [-0.39, 0.29) is 5.78 Å². The second-order valence-corrected chi connectivity index (χ2v) is 3.69. The van der Waals surface area contributed by atoms with Crippen LogP contribution in [0.5, 0.6) is 5.75 Å². The molecule has 0 amide bonds.